The maximum atomic E-state index is 12.3. The Kier molecular flexibility index (Phi) is 6.65. The summed E-state index contributed by atoms with van der Waals surface area (Å²) in [4.78, 5) is 24.0. The minimum atomic E-state index is -0.207. The average molecular weight is 312 g/mol. The third-order valence-electron chi connectivity index (χ3n) is 3.74. The van der Waals surface area contributed by atoms with E-state index in [1.807, 2.05) is 0 Å². The first-order valence-corrected chi connectivity index (χ1v) is 6.99. The van der Waals surface area contributed by atoms with Gasteiger partial charge in [0.2, 0.25) is 5.91 Å². The number of rotatable bonds is 3. The zero-order valence-electron chi connectivity index (χ0n) is 12.1. The van der Waals surface area contributed by atoms with Crippen molar-refractivity contribution in [3.05, 3.63) is 29.8 Å². The third kappa shape index (κ3) is 4.44. The molecule has 2 amide bonds. The van der Waals surface area contributed by atoms with E-state index in [1.54, 1.807) is 31.3 Å². The Morgan fingerprint density at radius 3 is 2.62 bits per heavy atom. The van der Waals surface area contributed by atoms with Crippen LogP contribution in [0.25, 0.3) is 0 Å². The predicted molar refractivity (Wildman–Crippen MR) is 85.6 cm³/mol. The molecule has 1 aliphatic rings. The van der Waals surface area contributed by atoms with Crippen LogP contribution in [0, 0.1) is 5.92 Å². The Hall–Kier alpha value is -1.59. The number of nitrogens with one attached hydrogen (secondary N) is 2. The fourth-order valence-corrected chi connectivity index (χ4v) is 2.63. The molecule has 0 heterocycles. The number of hydrogen-bond acceptors (Lipinski definition) is 3. The second-order valence-electron chi connectivity index (χ2n) is 5.24. The molecule has 1 aromatic carbocycles. The van der Waals surface area contributed by atoms with Crippen LogP contribution in [0.2, 0.25) is 0 Å². The fourth-order valence-electron chi connectivity index (χ4n) is 2.63. The summed E-state index contributed by atoms with van der Waals surface area (Å²) in [5, 5.41) is 5.43. The number of anilines is 1. The molecule has 1 aliphatic carbocycles. The molecule has 116 valence electrons. The standard InChI is InChI=1S/C15H21N3O2.ClH/c1-17-15(20)12-7-2-3-8-13(12)18-14(19)10-5-4-6-11(16)9-10;/h2-3,7-8,10-11H,4-6,9,16H2,1H3,(H,17,20)(H,18,19);1H. The molecule has 1 aromatic rings. The van der Waals surface area contributed by atoms with E-state index in [4.69, 9.17) is 5.73 Å². The quantitative estimate of drug-likeness (QED) is 0.797. The lowest BCUT2D eigenvalue weighted by atomic mass is 9.85. The van der Waals surface area contributed by atoms with Gasteiger partial charge in [-0.1, -0.05) is 18.6 Å². The van der Waals surface area contributed by atoms with Gasteiger partial charge in [0.25, 0.3) is 5.91 Å². The van der Waals surface area contributed by atoms with E-state index >= 15 is 0 Å². The lowest BCUT2D eigenvalue weighted by molar-refractivity contribution is -0.120. The zero-order valence-corrected chi connectivity index (χ0v) is 12.9. The highest BCUT2D eigenvalue weighted by Gasteiger charge is 2.26. The van der Waals surface area contributed by atoms with E-state index in [1.165, 1.54) is 0 Å². The van der Waals surface area contributed by atoms with Gasteiger partial charge in [0.15, 0.2) is 0 Å². The summed E-state index contributed by atoms with van der Waals surface area (Å²) in [6, 6.07) is 7.12. The van der Waals surface area contributed by atoms with Crippen molar-refractivity contribution in [1.29, 1.82) is 0 Å². The van der Waals surface area contributed by atoms with Gasteiger partial charge in [0.05, 0.1) is 11.3 Å². The van der Waals surface area contributed by atoms with Gasteiger partial charge in [-0.05, 0) is 31.4 Å². The van der Waals surface area contributed by atoms with Crippen molar-refractivity contribution in [2.75, 3.05) is 12.4 Å². The minimum Gasteiger partial charge on any atom is -0.355 e. The highest BCUT2D eigenvalue weighted by molar-refractivity contribution is 6.04. The molecular weight excluding hydrogens is 290 g/mol. The van der Waals surface area contributed by atoms with E-state index in [9.17, 15) is 9.59 Å². The van der Waals surface area contributed by atoms with Crippen LogP contribution >= 0.6 is 12.4 Å². The van der Waals surface area contributed by atoms with Gasteiger partial charge in [0, 0.05) is 19.0 Å². The summed E-state index contributed by atoms with van der Waals surface area (Å²) in [6.07, 6.45) is 3.55. The minimum absolute atomic E-state index is 0. The van der Waals surface area contributed by atoms with Crippen LogP contribution in [-0.4, -0.2) is 24.9 Å². The smallest absolute Gasteiger partial charge is 0.253 e. The Bertz CT molecular complexity index is 507. The monoisotopic (exact) mass is 311 g/mol. The van der Waals surface area contributed by atoms with Crippen LogP contribution in [0.15, 0.2) is 24.3 Å². The Balaban J connectivity index is 0.00000220. The van der Waals surface area contributed by atoms with E-state index in [-0.39, 0.29) is 36.2 Å². The van der Waals surface area contributed by atoms with Gasteiger partial charge in [-0.25, -0.2) is 0 Å². The van der Waals surface area contributed by atoms with Crippen LogP contribution in [0.1, 0.15) is 36.0 Å². The first kappa shape index (κ1) is 17.5. The van der Waals surface area contributed by atoms with E-state index in [2.05, 4.69) is 10.6 Å². The van der Waals surface area contributed by atoms with Crippen molar-refractivity contribution in [2.24, 2.45) is 11.7 Å². The highest BCUT2D eigenvalue weighted by Crippen LogP contribution is 2.25. The van der Waals surface area contributed by atoms with Gasteiger partial charge in [-0.2, -0.15) is 0 Å². The molecule has 0 radical (unpaired) electrons. The number of para-hydroxylation sites is 1. The molecule has 2 rings (SSSR count). The van der Waals surface area contributed by atoms with E-state index in [0.29, 0.717) is 17.7 Å². The predicted octanol–water partition coefficient (Wildman–Crippen LogP) is 1.92. The molecule has 0 spiro atoms. The van der Waals surface area contributed by atoms with Crippen molar-refractivity contribution >= 4 is 29.9 Å². The van der Waals surface area contributed by atoms with Crippen LogP contribution in [0.3, 0.4) is 0 Å². The fraction of sp³-hybridized carbons (Fsp3) is 0.467. The molecule has 0 saturated heterocycles. The summed E-state index contributed by atoms with van der Waals surface area (Å²) >= 11 is 0. The van der Waals surface area contributed by atoms with Gasteiger partial charge < -0.3 is 16.4 Å². The van der Waals surface area contributed by atoms with Gasteiger partial charge >= 0.3 is 0 Å². The van der Waals surface area contributed by atoms with Gasteiger partial charge in [-0.15, -0.1) is 12.4 Å². The second kappa shape index (κ2) is 8.00. The molecule has 5 nitrogen and oxygen atoms in total. The zero-order chi connectivity index (χ0) is 14.5. The van der Waals surface area contributed by atoms with Crippen molar-refractivity contribution in [1.82, 2.24) is 5.32 Å². The molecule has 0 aromatic heterocycles. The van der Waals surface area contributed by atoms with E-state index in [0.717, 1.165) is 19.3 Å². The number of benzene rings is 1. The largest absolute Gasteiger partial charge is 0.355 e. The first-order valence-electron chi connectivity index (χ1n) is 6.99. The molecule has 1 saturated carbocycles. The van der Waals surface area contributed by atoms with Crippen molar-refractivity contribution < 1.29 is 9.59 Å². The number of halogens is 1. The van der Waals surface area contributed by atoms with Crippen LogP contribution in [0.5, 0.6) is 0 Å². The summed E-state index contributed by atoms with van der Waals surface area (Å²) < 4.78 is 0. The second-order valence-corrected chi connectivity index (χ2v) is 5.24. The highest BCUT2D eigenvalue weighted by atomic mass is 35.5. The van der Waals surface area contributed by atoms with Crippen molar-refractivity contribution in [3.8, 4) is 0 Å². The van der Waals surface area contributed by atoms with Gasteiger partial charge in [0.1, 0.15) is 0 Å². The SMILES string of the molecule is CNC(=O)c1ccccc1NC(=O)C1CCCC(N)C1.Cl. The molecule has 2 atom stereocenters. The molecule has 4 N–H and O–H groups in total. The summed E-state index contributed by atoms with van der Waals surface area (Å²) in [5.41, 5.74) is 6.94. The molecule has 21 heavy (non-hydrogen) atoms. The maximum absolute atomic E-state index is 12.3. The molecule has 1 fully saturated rings. The molecule has 2 unspecified atom stereocenters. The van der Waals surface area contributed by atoms with Crippen molar-refractivity contribution in [2.45, 2.75) is 31.7 Å². The van der Waals surface area contributed by atoms with Crippen molar-refractivity contribution in [3.63, 3.8) is 0 Å². The van der Waals surface area contributed by atoms with Crippen LogP contribution in [0.4, 0.5) is 5.69 Å². The number of carbonyl (C=O) groups excluding carboxylic acids is 2. The topological polar surface area (TPSA) is 84.2 Å². The average Bonchev–Trinajstić information content (AvgIpc) is 2.47. The summed E-state index contributed by atoms with van der Waals surface area (Å²) in [5.74, 6) is -0.311. The number of nitrogens with two attached hydrogens (primary N) is 1. The Labute approximate surface area is 131 Å². The number of hydrogen-bond donors (Lipinski definition) is 3. The molecule has 0 bridgehead atoms. The summed E-state index contributed by atoms with van der Waals surface area (Å²) in [7, 11) is 1.57. The Morgan fingerprint density at radius 2 is 1.95 bits per heavy atom. The lowest BCUT2D eigenvalue weighted by Gasteiger charge is -2.25. The molecule has 6 heteroatoms. The summed E-state index contributed by atoms with van der Waals surface area (Å²) in [6.45, 7) is 0. The molecular formula is C15H22ClN3O2. The van der Waals surface area contributed by atoms with Gasteiger partial charge in [-0.3, -0.25) is 9.59 Å². The van der Waals surface area contributed by atoms with E-state index < -0.39 is 0 Å². The maximum Gasteiger partial charge on any atom is 0.253 e. The third-order valence-corrected chi connectivity index (χ3v) is 3.74. The van der Waals surface area contributed by atoms with Crippen LogP contribution < -0.4 is 16.4 Å². The Morgan fingerprint density at radius 1 is 1.24 bits per heavy atom. The number of amides is 2. The lowest BCUT2D eigenvalue weighted by Crippen LogP contribution is -2.34. The molecule has 0 aliphatic heterocycles. The van der Waals surface area contributed by atoms with Crippen LogP contribution in [-0.2, 0) is 4.79 Å². The normalized spacial score (nSPS) is 21.0. The number of carbonyl (C=O) groups is 2. The first-order chi connectivity index (χ1) is 9.61.